The van der Waals surface area contributed by atoms with Crippen LogP contribution in [0.3, 0.4) is 0 Å². The van der Waals surface area contributed by atoms with Gasteiger partial charge in [0, 0.05) is 12.1 Å². The van der Waals surface area contributed by atoms with E-state index in [9.17, 15) is 4.79 Å². The van der Waals surface area contributed by atoms with Crippen LogP contribution in [0.15, 0.2) is 30.3 Å². The molecule has 22 heavy (non-hydrogen) atoms. The summed E-state index contributed by atoms with van der Waals surface area (Å²) < 4.78 is 5.54. The number of carbonyl (C=O) groups excluding carboxylic acids is 1. The molecule has 3 nitrogen and oxygen atoms in total. The van der Waals surface area contributed by atoms with E-state index in [1.807, 2.05) is 30.3 Å². The number of amides is 1. The molecule has 1 aromatic rings. The van der Waals surface area contributed by atoms with Crippen LogP contribution < -0.4 is 10.1 Å². The molecule has 1 aliphatic carbocycles. The Morgan fingerprint density at radius 1 is 1.18 bits per heavy atom. The summed E-state index contributed by atoms with van der Waals surface area (Å²) in [6, 6.07) is 8.18. The van der Waals surface area contributed by atoms with Crippen LogP contribution in [0.5, 0.6) is 5.75 Å². The number of hydrogen-bond donors (Lipinski definition) is 1. The summed E-state index contributed by atoms with van der Waals surface area (Å²) in [5.74, 6) is 0.889. The molecule has 1 aliphatic rings. The van der Waals surface area contributed by atoms with E-state index in [1.54, 1.807) is 6.08 Å². The van der Waals surface area contributed by atoms with Gasteiger partial charge in [-0.3, -0.25) is 4.79 Å². The van der Waals surface area contributed by atoms with Gasteiger partial charge in [-0.1, -0.05) is 44.7 Å². The van der Waals surface area contributed by atoms with Crippen molar-refractivity contribution in [2.24, 2.45) is 0 Å². The van der Waals surface area contributed by atoms with E-state index in [-0.39, 0.29) is 5.91 Å². The lowest BCUT2D eigenvalue weighted by atomic mass is 10.1. The fourth-order valence-corrected chi connectivity index (χ4v) is 2.74. The molecule has 0 heterocycles. The van der Waals surface area contributed by atoms with Crippen LogP contribution in [0.2, 0.25) is 0 Å². The van der Waals surface area contributed by atoms with Gasteiger partial charge in [0.15, 0.2) is 0 Å². The molecule has 1 N–H and O–H groups in total. The van der Waals surface area contributed by atoms with E-state index in [2.05, 4.69) is 12.2 Å². The molecule has 0 spiro atoms. The third kappa shape index (κ3) is 5.92. The maximum Gasteiger partial charge on any atom is 0.244 e. The first-order valence-corrected chi connectivity index (χ1v) is 8.49. The average Bonchev–Trinajstić information content (AvgIpc) is 2.80. The molecule has 3 heteroatoms. The Balaban J connectivity index is 1.81. The molecule has 0 saturated heterocycles. The predicted molar refractivity (Wildman–Crippen MR) is 90.9 cm³/mol. The number of benzene rings is 1. The summed E-state index contributed by atoms with van der Waals surface area (Å²) in [7, 11) is 0. The average molecular weight is 301 g/mol. The van der Waals surface area contributed by atoms with E-state index in [0.29, 0.717) is 6.04 Å². The number of carbonyl (C=O) groups is 1. The molecule has 1 aromatic carbocycles. The molecule has 1 saturated carbocycles. The minimum Gasteiger partial charge on any atom is -0.494 e. The van der Waals surface area contributed by atoms with Crippen molar-refractivity contribution < 1.29 is 9.53 Å². The van der Waals surface area contributed by atoms with Crippen LogP contribution in [-0.2, 0) is 4.79 Å². The zero-order chi connectivity index (χ0) is 15.6. The fraction of sp³-hybridized carbons (Fsp3) is 0.526. The van der Waals surface area contributed by atoms with E-state index >= 15 is 0 Å². The predicted octanol–water partition coefficient (Wildman–Crippen LogP) is 4.33. The highest BCUT2D eigenvalue weighted by atomic mass is 16.5. The second kappa shape index (κ2) is 9.29. The van der Waals surface area contributed by atoms with Gasteiger partial charge in [-0.25, -0.2) is 0 Å². The lowest BCUT2D eigenvalue weighted by molar-refractivity contribution is -0.117. The van der Waals surface area contributed by atoms with Crippen LogP contribution in [0.25, 0.3) is 6.08 Å². The van der Waals surface area contributed by atoms with Crippen molar-refractivity contribution in [3.8, 4) is 5.75 Å². The molecule has 1 fully saturated rings. The number of hydrogen-bond acceptors (Lipinski definition) is 2. The number of rotatable bonds is 6. The second-order valence-corrected chi connectivity index (χ2v) is 5.95. The van der Waals surface area contributed by atoms with Crippen molar-refractivity contribution in [2.45, 2.75) is 57.9 Å². The smallest absolute Gasteiger partial charge is 0.244 e. The van der Waals surface area contributed by atoms with E-state index in [0.717, 1.165) is 37.2 Å². The van der Waals surface area contributed by atoms with E-state index in [4.69, 9.17) is 4.74 Å². The van der Waals surface area contributed by atoms with Gasteiger partial charge < -0.3 is 10.1 Å². The summed E-state index contributed by atoms with van der Waals surface area (Å²) in [4.78, 5) is 12.0. The van der Waals surface area contributed by atoms with Crippen LogP contribution in [0, 0.1) is 0 Å². The second-order valence-electron chi connectivity index (χ2n) is 5.95. The molecule has 0 radical (unpaired) electrons. The molecule has 0 bridgehead atoms. The quantitative estimate of drug-likeness (QED) is 0.627. The maximum atomic E-state index is 12.0. The molecular formula is C19H27NO2. The molecule has 0 aromatic heterocycles. The third-order valence-corrected chi connectivity index (χ3v) is 3.98. The van der Waals surface area contributed by atoms with Crippen LogP contribution >= 0.6 is 0 Å². The van der Waals surface area contributed by atoms with Gasteiger partial charge in [0.2, 0.25) is 5.91 Å². The standard InChI is InChI=1S/C19H27NO2/c1-2-15-22-18-12-9-16(10-13-18)11-14-19(21)20-17-7-5-3-4-6-8-17/h9-14,17H,2-8,15H2,1H3,(H,20,21). The monoisotopic (exact) mass is 301 g/mol. The topological polar surface area (TPSA) is 38.3 Å². The molecule has 0 atom stereocenters. The molecule has 0 unspecified atom stereocenters. The molecule has 0 aliphatic heterocycles. The molecule has 2 rings (SSSR count). The number of ether oxygens (including phenoxy) is 1. The van der Waals surface area contributed by atoms with Crippen molar-refractivity contribution >= 4 is 12.0 Å². The van der Waals surface area contributed by atoms with Crippen molar-refractivity contribution in [3.05, 3.63) is 35.9 Å². The van der Waals surface area contributed by atoms with Gasteiger partial charge in [0.25, 0.3) is 0 Å². The summed E-state index contributed by atoms with van der Waals surface area (Å²) in [6.07, 6.45) is 11.8. The lowest BCUT2D eigenvalue weighted by Crippen LogP contribution is -2.33. The minimum atomic E-state index is 0.0122. The summed E-state index contributed by atoms with van der Waals surface area (Å²) in [5.41, 5.74) is 1.01. The van der Waals surface area contributed by atoms with Gasteiger partial charge >= 0.3 is 0 Å². The van der Waals surface area contributed by atoms with Gasteiger partial charge in [-0.2, -0.15) is 0 Å². The zero-order valence-corrected chi connectivity index (χ0v) is 13.5. The van der Waals surface area contributed by atoms with E-state index in [1.165, 1.54) is 25.7 Å². The van der Waals surface area contributed by atoms with Crippen molar-refractivity contribution in [2.75, 3.05) is 6.61 Å². The first kappa shape index (κ1) is 16.6. The summed E-state index contributed by atoms with van der Waals surface area (Å²) in [6.45, 7) is 2.82. The first-order chi connectivity index (χ1) is 10.8. The van der Waals surface area contributed by atoms with Gasteiger partial charge in [0.1, 0.15) is 5.75 Å². The Bertz CT molecular complexity index is 471. The highest BCUT2D eigenvalue weighted by molar-refractivity contribution is 5.91. The normalized spacial score (nSPS) is 16.4. The minimum absolute atomic E-state index is 0.0122. The van der Waals surface area contributed by atoms with Gasteiger partial charge in [0.05, 0.1) is 6.61 Å². The Hall–Kier alpha value is -1.77. The van der Waals surface area contributed by atoms with Crippen molar-refractivity contribution in [1.29, 1.82) is 0 Å². The SMILES string of the molecule is CCCOc1ccc(C=CC(=O)NC2CCCCCC2)cc1. The van der Waals surface area contributed by atoms with Crippen LogP contribution in [-0.4, -0.2) is 18.6 Å². The Kier molecular flexibility index (Phi) is 7.01. The van der Waals surface area contributed by atoms with Crippen LogP contribution in [0.1, 0.15) is 57.4 Å². The third-order valence-electron chi connectivity index (χ3n) is 3.98. The number of nitrogens with one attached hydrogen (secondary N) is 1. The van der Waals surface area contributed by atoms with Crippen LogP contribution in [0.4, 0.5) is 0 Å². The van der Waals surface area contributed by atoms with Crippen molar-refractivity contribution in [3.63, 3.8) is 0 Å². The Labute approximate surface area is 133 Å². The zero-order valence-electron chi connectivity index (χ0n) is 13.5. The maximum absolute atomic E-state index is 12.0. The first-order valence-electron chi connectivity index (χ1n) is 8.49. The highest BCUT2D eigenvalue weighted by Gasteiger charge is 2.12. The molecule has 120 valence electrons. The molecule has 1 amide bonds. The summed E-state index contributed by atoms with van der Waals surface area (Å²) in [5, 5.41) is 3.12. The molecular weight excluding hydrogens is 274 g/mol. The lowest BCUT2D eigenvalue weighted by Gasteiger charge is -2.14. The van der Waals surface area contributed by atoms with Gasteiger partial charge in [-0.05, 0) is 43.0 Å². The fourth-order valence-electron chi connectivity index (χ4n) is 2.74. The Morgan fingerprint density at radius 3 is 2.50 bits per heavy atom. The van der Waals surface area contributed by atoms with Gasteiger partial charge in [-0.15, -0.1) is 0 Å². The van der Waals surface area contributed by atoms with E-state index < -0.39 is 0 Å². The highest BCUT2D eigenvalue weighted by Crippen LogP contribution is 2.17. The summed E-state index contributed by atoms with van der Waals surface area (Å²) >= 11 is 0. The Morgan fingerprint density at radius 2 is 1.86 bits per heavy atom. The largest absolute Gasteiger partial charge is 0.494 e. The van der Waals surface area contributed by atoms with Crippen molar-refractivity contribution in [1.82, 2.24) is 5.32 Å².